The number of hydrogen-bond acceptors (Lipinski definition) is 5. The van der Waals surface area contributed by atoms with Crippen LogP contribution in [-0.4, -0.2) is 17.6 Å². The summed E-state index contributed by atoms with van der Waals surface area (Å²) in [5.41, 5.74) is 1.92. The van der Waals surface area contributed by atoms with Gasteiger partial charge in [0.05, 0.1) is 12.8 Å². The number of methoxy groups -OCH3 is 1. The van der Waals surface area contributed by atoms with E-state index in [0.29, 0.717) is 18.0 Å². The van der Waals surface area contributed by atoms with Crippen LogP contribution >= 0.6 is 0 Å². The van der Waals surface area contributed by atoms with Gasteiger partial charge in [-0.05, 0) is 45.4 Å². The monoisotopic (exact) mass is 290 g/mol. The van der Waals surface area contributed by atoms with E-state index in [9.17, 15) is 0 Å². The summed E-state index contributed by atoms with van der Waals surface area (Å²) in [6, 6.07) is 5.69. The van der Waals surface area contributed by atoms with Crippen LogP contribution in [0.25, 0.3) is 0 Å². The normalized spacial score (nSPS) is 11.5. The van der Waals surface area contributed by atoms with Gasteiger partial charge in [-0.1, -0.05) is 6.07 Å². The lowest BCUT2D eigenvalue weighted by atomic mass is 10.1. The molecule has 0 spiro atoms. The lowest BCUT2D eigenvalue weighted by molar-refractivity contribution is 0.310. The van der Waals surface area contributed by atoms with Gasteiger partial charge in [0.15, 0.2) is 11.5 Å². The first-order valence-corrected chi connectivity index (χ1v) is 6.89. The van der Waals surface area contributed by atoms with E-state index in [0.717, 1.165) is 11.3 Å². The van der Waals surface area contributed by atoms with Crippen molar-refractivity contribution < 1.29 is 13.9 Å². The molecule has 1 N–H and O–H groups in total. The zero-order valence-electron chi connectivity index (χ0n) is 13.2. The number of ether oxygens (including phenoxy) is 2. The second kappa shape index (κ2) is 6.18. The molecule has 1 aromatic carbocycles. The van der Waals surface area contributed by atoms with Crippen molar-refractivity contribution in [1.29, 1.82) is 0 Å². The molecule has 0 amide bonds. The van der Waals surface area contributed by atoms with Crippen molar-refractivity contribution in [1.82, 2.24) is 10.3 Å². The molecule has 0 atom stereocenters. The maximum atomic E-state index is 5.64. The van der Waals surface area contributed by atoms with Crippen molar-refractivity contribution in [2.24, 2.45) is 0 Å². The molecular formula is C16H22N2O3. The van der Waals surface area contributed by atoms with Gasteiger partial charge in [0, 0.05) is 12.1 Å². The summed E-state index contributed by atoms with van der Waals surface area (Å²) >= 11 is 0. The van der Waals surface area contributed by atoms with Crippen LogP contribution in [0, 0.1) is 6.92 Å². The maximum absolute atomic E-state index is 5.64. The van der Waals surface area contributed by atoms with E-state index in [1.807, 2.05) is 25.1 Å². The van der Waals surface area contributed by atoms with Crippen molar-refractivity contribution in [2.45, 2.75) is 39.8 Å². The molecule has 0 aliphatic rings. The number of oxazole rings is 1. The Hall–Kier alpha value is -2.01. The fraction of sp³-hybridized carbons (Fsp3) is 0.438. The quantitative estimate of drug-likeness (QED) is 0.910. The van der Waals surface area contributed by atoms with Crippen molar-refractivity contribution in [2.75, 3.05) is 7.11 Å². The summed E-state index contributed by atoms with van der Waals surface area (Å²) in [5.74, 6) is 1.24. The molecule has 21 heavy (non-hydrogen) atoms. The van der Waals surface area contributed by atoms with Crippen LogP contribution in [0.15, 0.2) is 28.9 Å². The molecule has 0 saturated carbocycles. The van der Waals surface area contributed by atoms with Crippen LogP contribution in [0.5, 0.6) is 17.6 Å². The minimum atomic E-state index is 0.0279. The van der Waals surface area contributed by atoms with E-state index in [4.69, 9.17) is 13.9 Å². The maximum Gasteiger partial charge on any atom is 0.399 e. The first-order valence-electron chi connectivity index (χ1n) is 6.89. The third-order valence-electron chi connectivity index (χ3n) is 2.85. The third-order valence-corrected chi connectivity index (χ3v) is 2.85. The highest BCUT2D eigenvalue weighted by molar-refractivity contribution is 5.43. The molecule has 114 valence electrons. The number of nitrogens with one attached hydrogen (secondary N) is 1. The Balaban J connectivity index is 2.06. The van der Waals surface area contributed by atoms with Crippen LogP contribution in [0.3, 0.4) is 0 Å². The minimum Gasteiger partial charge on any atom is -0.493 e. The van der Waals surface area contributed by atoms with Crippen LogP contribution in [0.1, 0.15) is 32.0 Å². The first-order chi connectivity index (χ1) is 9.87. The van der Waals surface area contributed by atoms with Crippen LogP contribution in [0.2, 0.25) is 0 Å². The highest BCUT2D eigenvalue weighted by atomic mass is 16.6. The number of aromatic nitrogens is 1. The Kier molecular flexibility index (Phi) is 4.53. The molecule has 0 aliphatic carbocycles. The highest BCUT2D eigenvalue weighted by Gasteiger charge is 2.13. The number of aryl methyl sites for hydroxylation is 1. The van der Waals surface area contributed by atoms with E-state index < -0.39 is 0 Å². The van der Waals surface area contributed by atoms with Crippen molar-refractivity contribution >= 4 is 0 Å². The van der Waals surface area contributed by atoms with Crippen LogP contribution in [0.4, 0.5) is 0 Å². The fourth-order valence-electron chi connectivity index (χ4n) is 1.73. The molecule has 0 aliphatic heterocycles. The second-order valence-electron chi connectivity index (χ2n) is 5.96. The molecule has 1 heterocycles. The van der Waals surface area contributed by atoms with E-state index in [-0.39, 0.29) is 11.6 Å². The van der Waals surface area contributed by atoms with Gasteiger partial charge in [0.2, 0.25) is 0 Å². The van der Waals surface area contributed by atoms with Crippen LogP contribution < -0.4 is 14.8 Å². The van der Waals surface area contributed by atoms with Crippen molar-refractivity contribution in [3.63, 3.8) is 0 Å². The van der Waals surface area contributed by atoms with E-state index in [2.05, 4.69) is 31.1 Å². The lowest BCUT2D eigenvalue weighted by Gasteiger charge is -2.19. The zero-order valence-corrected chi connectivity index (χ0v) is 13.2. The summed E-state index contributed by atoms with van der Waals surface area (Å²) in [6.45, 7) is 8.92. The molecule has 0 fully saturated rings. The number of rotatable bonds is 5. The van der Waals surface area contributed by atoms with Gasteiger partial charge < -0.3 is 19.2 Å². The summed E-state index contributed by atoms with van der Waals surface area (Å²) in [4.78, 5) is 4.30. The molecular weight excluding hydrogens is 268 g/mol. The number of hydrogen-bond donors (Lipinski definition) is 1. The van der Waals surface area contributed by atoms with Crippen molar-refractivity contribution in [3.05, 3.63) is 35.7 Å². The molecule has 0 unspecified atom stereocenters. The van der Waals surface area contributed by atoms with Gasteiger partial charge in [0.25, 0.3) is 0 Å². The van der Waals surface area contributed by atoms with Gasteiger partial charge in [-0.3, -0.25) is 0 Å². The standard InChI is InChI=1S/C16H22N2O3/c1-11-6-7-13(14(8-11)19-5)21-15-18-12(10-20-15)9-17-16(2,3)4/h6-8,10,17H,9H2,1-5H3. The number of nitrogens with zero attached hydrogens (tertiary/aromatic N) is 1. The largest absolute Gasteiger partial charge is 0.493 e. The molecule has 0 saturated heterocycles. The summed E-state index contributed by atoms with van der Waals surface area (Å²) in [7, 11) is 1.61. The first kappa shape index (κ1) is 15.4. The topological polar surface area (TPSA) is 56.5 Å². The second-order valence-corrected chi connectivity index (χ2v) is 5.96. The van der Waals surface area contributed by atoms with Crippen LogP contribution in [-0.2, 0) is 6.54 Å². The summed E-state index contributed by atoms with van der Waals surface area (Å²) in [6.07, 6.45) is 1.80. The van der Waals surface area contributed by atoms with Gasteiger partial charge in [-0.2, -0.15) is 4.98 Å². The molecule has 0 radical (unpaired) electrons. The Morgan fingerprint density at radius 3 is 2.67 bits per heavy atom. The molecule has 2 aromatic rings. The molecule has 1 aromatic heterocycles. The SMILES string of the molecule is COc1cc(C)ccc1Oc1nc(CNC(C)(C)C)co1. The predicted octanol–water partition coefficient (Wildman–Crippen LogP) is 3.67. The Morgan fingerprint density at radius 1 is 1.24 bits per heavy atom. The van der Waals surface area contributed by atoms with E-state index >= 15 is 0 Å². The average Bonchev–Trinajstić information content (AvgIpc) is 2.85. The van der Waals surface area contributed by atoms with Gasteiger partial charge in [-0.25, -0.2) is 0 Å². The average molecular weight is 290 g/mol. The molecule has 2 rings (SSSR count). The highest BCUT2D eigenvalue weighted by Crippen LogP contribution is 2.31. The summed E-state index contributed by atoms with van der Waals surface area (Å²) in [5, 5.41) is 3.34. The Morgan fingerprint density at radius 2 is 2.00 bits per heavy atom. The van der Waals surface area contributed by atoms with Gasteiger partial charge in [0.1, 0.15) is 6.26 Å². The predicted molar refractivity (Wildman–Crippen MR) is 80.9 cm³/mol. The molecule has 0 bridgehead atoms. The van der Waals surface area contributed by atoms with E-state index in [1.165, 1.54) is 0 Å². The minimum absolute atomic E-state index is 0.0279. The molecule has 5 heteroatoms. The van der Waals surface area contributed by atoms with E-state index in [1.54, 1.807) is 13.4 Å². The van der Waals surface area contributed by atoms with Crippen molar-refractivity contribution in [3.8, 4) is 17.6 Å². The number of benzene rings is 1. The summed E-state index contributed by atoms with van der Waals surface area (Å²) < 4.78 is 16.3. The third kappa shape index (κ3) is 4.49. The Labute approximate surface area is 125 Å². The molecule has 5 nitrogen and oxygen atoms in total. The fourth-order valence-corrected chi connectivity index (χ4v) is 1.73. The Bertz CT molecular complexity index is 600. The zero-order chi connectivity index (χ0) is 15.5. The van der Waals surface area contributed by atoms with Gasteiger partial charge in [-0.15, -0.1) is 0 Å². The lowest BCUT2D eigenvalue weighted by Crippen LogP contribution is -2.35. The smallest absolute Gasteiger partial charge is 0.399 e. The van der Waals surface area contributed by atoms with Gasteiger partial charge >= 0.3 is 6.08 Å².